The molecular weight excluding hydrogens is 132 g/mol. The van der Waals surface area contributed by atoms with Gasteiger partial charge in [-0.05, 0) is 0 Å². The van der Waals surface area contributed by atoms with Crippen LogP contribution in [-0.4, -0.2) is 36.0 Å². The molecule has 0 bridgehead atoms. The zero-order valence-electron chi connectivity index (χ0n) is 5.20. The maximum Gasteiger partial charge on any atom is 0.569 e. The summed E-state index contributed by atoms with van der Waals surface area (Å²) in [5.74, 6) is 0. The van der Waals surface area contributed by atoms with E-state index < -0.39 is 0 Å². The molecule has 0 aromatic carbocycles. The van der Waals surface area contributed by atoms with E-state index in [9.17, 15) is 0 Å². The second kappa shape index (κ2) is 1.95. The molecule has 2 rings (SSSR count). The van der Waals surface area contributed by atoms with Crippen molar-refractivity contribution in [2.45, 2.75) is 0 Å². The Morgan fingerprint density at radius 3 is 1.80 bits per heavy atom. The molecule has 6 nitrogen and oxygen atoms in total. The zero-order chi connectivity index (χ0) is 6.81. The fraction of sp³-hybridized carbons (Fsp3) is 0.500. The lowest BCUT2D eigenvalue weighted by atomic mass is 10.9. The first-order valence-electron chi connectivity index (χ1n) is 2.88. The topological polar surface area (TPSA) is 55.3 Å². The Bertz CT molecular complexity index is 155. The maximum atomic E-state index is 3.68. The van der Waals surface area contributed by atoms with Crippen molar-refractivity contribution in [3.05, 3.63) is 0 Å². The van der Waals surface area contributed by atoms with Gasteiger partial charge in [-0.25, -0.2) is 10.9 Å². The molecule has 50 valence electrons. The van der Waals surface area contributed by atoms with Crippen molar-refractivity contribution >= 4 is 12.7 Å². The van der Waals surface area contributed by atoms with E-state index >= 15 is 0 Å². The van der Waals surface area contributed by atoms with Crippen molar-refractivity contribution in [2.75, 3.05) is 13.3 Å². The quantitative estimate of drug-likeness (QED) is 0.423. The largest absolute Gasteiger partial charge is 0.569 e. The molecule has 0 saturated carbocycles. The van der Waals surface area contributed by atoms with E-state index in [-0.39, 0.29) is 0 Å². The molecule has 2 aliphatic heterocycles. The summed E-state index contributed by atoms with van der Waals surface area (Å²) in [7, 11) is 0. The molecule has 2 N–H and O–H groups in total. The summed E-state index contributed by atoms with van der Waals surface area (Å²) in [6, 6.07) is 0. The molecule has 0 aromatic heterocycles. The molecule has 10 heavy (non-hydrogen) atoms. The second-order valence-electron chi connectivity index (χ2n) is 1.86. The van der Waals surface area contributed by atoms with Crippen LogP contribution in [0.1, 0.15) is 0 Å². The van der Waals surface area contributed by atoms with Crippen LogP contribution in [0.4, 0.5) is 0 Å². The summed E-state index contributed by atoms with van der Waals surface area (Å²) >= 11 is 0. The highest BCUT2D eigenvalue weighted by atomic mass is 15.7. The van der Waals surface area contributed by atoms with Crippen molar-refractivity contribution in [1.82, 2.24) is 20.9 Å². The molecule has 0 radical (unpaired) electrons. The molecule has 0 fully saturated rings. The first kappa shape index (κ1) is 5.17. The van der Waals surface area contributed by atoms with E-state index in [2.05, 4.69) is 33.7 Å². The maximum absolute atomic E-state index is 3.68. The predicted molar refractivity (Wildman–Crippen MR) is 34.6 cm³/mol. The molecule has 6 heteroatoms. The van der Waals surface area contributed by atoms with Crippen LogP contribution in [0, 0.1) is 0 Å². The monoisotopic (exact) mass is 138 g/mol. The summed E-state index contributed by atoms with van der Waals surface area (Å²) in [5, 5.41) is 10.8. The first-order valence-corrected chi connectivity index (χ1v) is 2.88. The van der Waals surface area contributed by atoms with E-state index in [0.717, 1.165) is 0 Å². The number of rotatable bonds is 1. The van der Waals surface area contributed by atoms with Crippen LogP contribution >= 0.6 is 0 Å². The van der Waals surface area contributed by atoms with Crippen LogP contribution in [-0.2, 0) is 0 Å². The minimum absolute atomic E-state index is 0.629. The average molecular weight is 138 g/mol. The molecular formula is C4H6N6+2. The molecule has 0 atom stereocenters. The first-order chi connectivity index (χ1) is 4.97. The predicted octanol–water partition coefficient (Wildman–Crippen LogP) is -1.73. The lowest BCUT2D eigenvalue weighted by Gasteiger charge is -2.00. The molecule has 0 aliphatic carbocycles. The third-order valence-corrected chi connectivity index (χ3v) is 1.22. The Balaban J connectivity index is 1.98. The van der Waals surface area contributed by atoms with Gasteiger partial charge in [0.25, 0.3) is 0 Å². The number of nitrogens with zero attached hydrogens (tertiary/aromatic N) is 4. The van der Waals surface area contributed by atoms with Gasteiger partial charge in [-0.15, -0.1) is 0 Å². The van der Waals surface area contributed by atoms with Gasteiger partial charge in [0.1, 0.15) is 10.2 Å². The SMILES string of the molecule is [C+]1=NNCN1N1[C+]=NNC1. The van der Waals surface area contributed by atoms with Crippen LogP contribution in [0.25, 0.3) is 0 Å². The van der Waals surface area contributed by atoms with E-state index in [1.54, 1.807) is 10.0 Å². The van der Waals surface area contributed by atoms with E-state index in [1.807, 2.05) is 0 Å². The minimum atomic E-state index is 0.629. The van der Waals surface area contributed by atoms with Crippen molar-refractivity contribution in [1.29, 1.82) is 0 Å². The number of hydrazine groups is 1. The highest BCUT2D eigenvalue weighted by molar-refractivity contribution is 5.63. The van der Waals surface area contributed by atoms with E-state index in [0.29, 0.717) is 13.3 Å². The van der Waals surface area contributed by atoms with Crippen LogP contribution < -0.4 is 10.9 Å². The van der Waals surface area contributed by atoms with Gasteiger partial charge in [0, 0.05) is 10.0 Å². The Morgan fingerprint density at radius 1 is 1.00 bits per heavy atom. The summed E-state index contributed by atoms with van der Waals surface area (Å²) < 4.78 is 0. The number of hydrogen-bond donors (Lipinski definition) is 2. The normalized spacial score (nSPS) is 20.0. The average Bonchev–Trinajstić information content (AvgIpc) is 2.59. The van der Waals surface area contributed by atoms with Gasteiger partial charge >= 0.3 is 12.7 Å². The summed E-state index contributed by atoms with van der Waals surface area (Å²) in [6.07, 6.45) is 5.42. The minimum Gasteiger partial charge on any atom is -0.235 e. The van der Waals surface area contributed by atoms with Crippen LogP contribution in [0.2, 0.25) is 0 Å². The van der Waals surface area contributed by atoms with Gasteiger partial charge in [0.05, 0.1) is 0 Å². The summed E-state index contributed by atoms with van der Waals surface area (Å²) in [6.45, 7) is 1.26. The van der Waals surface area contributed by atoms with Gasteiger partial charge < -0.3 is 0 Å². The molecule has 0 amide bonds. The lowest BCUT2D eigenvalue weighted by molar-refractivity contribution is 0.154. The van der Waals surface area contributed by atoms with Crippen LogP contribution in [0.5, 0.6) is 0 Å². The lowest BCUT2D eigenvalue weighted by Crippen LogP contribution is -2.41. The van der Waals surface area contributed by atoms with Crippen molar-refractivity contribution in [3.63, 3.8) is 0 Å². The molecule has 0 saturated heterocycles. The fourth-order valence-electron chi connectivity index (χ4n) is 0.740. The highest BCUT2D eigenvalue weighted by Gasteiger charge is 2.37. The Kier molecular flexibility index (Phi) is 1.01. The Labute approximate surface area is 58.1 Å². The number of hydrogen-bond acceptors (Lipinski definition) is 6. The van der Waals surface area contributed by atoms with Crippen molar-refractivity contribution in [3.8, 4) is 0 Å². The highest BCUT2D eigenvalue weighted by Crippen LogP contribution is 1.96. The summed E-state index contributed by atoms with van der Waals surface area (Å²) in [4.78, 5) is 0. The Morgan fingerprint density at radius 2 is 1.50 bits per heavy atom. The van der Waals surface area contributed by atoms with E-state index in [1.165, 1.54) is 0 Å². The van der Waals surface area contributed by atoms with Crippen molar-refractivity contribution in [2.24, 2.45) is 10.2 Å². The molecule has 0 unspecified atom stereocenters. The molecule has 2 heterocycles. The van der Waals surface area contributed by atoms with E-state index in [4.69, 9.17) is 0 Å². The third-order valence-electron chi connectivity index (χ3n) is 1.22. The number of nitrogens with one attached hydrogen (secondary N) is 2. The van der Waals surface area contributed by atoms with Crippen molar-refractivity contribution < 1.29 is 0 Å². The fourth-order valence-corrected chi connectivity index (χ4v) is 0.740. The smallest absolute Gasteiger partial charge is 0.235 e. The zero-order valence-corrected chi connectivity index (χ0v) is 5.20. The number of hydrazone groups is 2. The standard InChI is InChI=1S/C4H6N6/c1-5-6-2-9(1)10-3-7-8-4-10/h5,7H,1,3H2/q+2. The summed E-state index contributed by atoms with van der Waals surface area (Å²) in [5.41, 5.74) is 5.48. The van der Waals surface area contributed by atoms with Gasteiger partial charge in [-0.2, -0.15) is 0 Å². The van der Waals surface area contributed by atoms with Crippen LogP contribution in [0.3, 0.4) is 0 Å². The molecule has 0 spiro atoms. The van der Waals surface area contributed by atoms with Gasteiger partial charge in [-0.3, -0.25) is 0 Å². The molecule has 2 aliphatic rings. The molecule has 0 aromatic rings. The second-order valence-corrected chi connectivity index (χ2v) is 1.86. The third kappa shape index (κ3) is 0.683. The Hall–Kier alpha value is -1.64. The van der Waals surface area contributed by atoms with Crippen LogP contribution in [0.15, 0.2) is 10.2 Å². The van der Waals surface area contributed by atoms with Gasteiger partial charge in [0.2, 0.25) is 0 Å². The van der Waals surface area contributed by atoms with Gasteiger partial charge in [0.15, 0.2) is 13.3 Å². The van der Waals surface area contributed by atoms with Gasteiger partial charge in [-0.1, -0.05) is 0 Å².